The normalized spacial score (nSPS) is 18.6. The standard InChI is InChI=1S/C34H25F2N3O4S.2C30H23F2N3O6S/c35-25-11-10-23-28(29(25)36)24-13-17-44-33(24)22-9-5-4-8-21(22)30(23)39-27-19-42-16-15-37(27)34(41)31-32(26(40)12-14-38(31)39)43-18-20-6-2-1-3-7-20;2*1-2-40-30(38)41-27-21(36)9-11-34-26(27)29(37)33-12-13-39-15-22(33)35(34)25-16-5-3-4-6-17(16)28-19(10-14-42-28)23-18(25)7-8-20(31)24(23)32/h1-14,17,27,30H,15-16,18-19H2;2*3-11,14,22,25H,2,12-13,15H2,1H3/t27-,30-;22-,25-;/m11./s1. The Morgan fingerprint density at radius 2 is 0.695 bits per heavy atom. The van der Waals surface area contributed by atoms with E-state index < -0.39 is 123 Å². The summed E-state index contributed by atoms with van der Waals surface area (Å²) in [5.74, 6) is -8.29. The number of benzene rings is 7. The van der Waals surface area contributed by atoms with Gasteiger partial charge in [-0.3, -0.25) is 57.8 Å². The highest BCUT2D eigenvalue weighted by atomic mass is 32.1. The Morgan fingerprint density at radius 3 is 1.04 bits per heavy atom. The van der Waals surface area contributed by atoms with Gasteiger partial charge in [0, 0.05) is 104 Å². The SMILES string of the molecule is CCOC(=O)Oc1c2n(ccc1=O)N(C1c3ccccc3-c3sccc3-c3c1ccc(F)c3F)C1COCCN1C2=O.CCOC(=O)Oc1c2n(ccc1=O)N([C@@H]1c3ccccc3-c3sccc3-c3c1ccc(F)c3F)[C@@H]1COCCN1C2=O.O=C1c2c(OCc3ccccc3)c(=O)ccn2N([C@@H]2c3ccccc3-c3sccc3-c3c2ccc(F)c3F)[C@@H]2COCCN12. The van der Waals surface area contributed by atoms with Crippen molar-refractivity contribution in [2.45, 2.75) is 57.1 Å². The van der Waals surface area contributed by atoms with Crippen LogP contribution in [0, 0.1) is 34.9 Å². The maximum absolute atomic E-state index is 15.9. The first-order valence-corrected chi connectivity index (χ1v) is 43.6. The zero-order chi connectivity index (χ0) is 88.2. The number of aromatic nitrogens is 3. The van der Waals surface area contributed by atoms with Gasteiger partial charge in [-0.05, 0) is 122 Å². The molecule has 0 radical (unpaired) electrons. The predicted octanol–water partition coefficient (Wildman–Crippen LogP) is 15.8. The number of fused-ring (bicyclic) bond motifs is 21. The molecule has 13 aromatic rings. The van der Waals surface area contributed by atoms with E-state index in [1.807, 2.05) is 130 Å². The van der Waals surface area contributed by atoms with Crippen LogP contribution in [0.5, 0.6) is 17.2 Å². The molecule has 6 aromatic heterocycles. The number of nitrogens with zero attached hydrogens (tertiary/aromatic N) is 9. The number of rotatable bonds is 10. The van der Waals surface area contributed by atoms with Crippen LogP contribution in [0.2, 0.25) is 0 Å². The molecule has 3 aliphatic carbocycles. The highest BCUT2D eigenvalue weighted by Crippen LogP contribution is 2.56. The van der Waals surface area contributed by atoms with Gasteiger partial charge in [0.1, 0.15) is 25.1 Å². The molecule has 0 N–H and O–H groups in total. The number of halogens is 6. The third-order valence-corrected chi connectivity index (χ3v) is 26.8. The van der Waals surface area contributed by atoms with Crippen molar-refractivity contribution >= 4 is 64.0 Å². The van der Waals surface area contributed by atoms with Crippen LogP contribution in [0.15, 0.2) is 225 Å². The van der Waals surface area contributed by atoms with Gasteiger partial charge >= 0.3 is 12.3 Å². The Morgan fingerprint density at radius 1 is 0.375 bits per heavy atom. The molecule has 0 saturated carbocycles. The van der Waals surface area contributed by atoms with Gasteiger partial charge in [0.25, 0.3) is 17.7 Å². The lowest BCUT2D eigenvalue weighted by Crippen LogP contribution is -2.66. The van der Waals surface area contributed by atoms with Gasteiger partial charge in [-0.1, -0.05) is 121 Å². The number of hydrogen-bond donors (Lipinski definition) is 0. The van der Waals surface area contributed by atoms with Gasteiger partial charge < -0.3 is 52.6 Å². The van der Waals surface area contributed by atoms with Crippen LogP contribution in [0.4, 0.5) is 35.9 Å². The lowest BCUT2D eigenvalue weighted by molar-refractivity contribution is -0.0198. The molecule has 2 unspecified atom stereocenters. The zero-order valence-corrected chi connectivity index (χ0v) is 70.2. The monoisotopic (exact) mass is 1790 g/mol. The highest BCUT2D eigenvalue weighted by molar-refractivity contribution is 7.15. The summed E-state index contributed by atoms with van der Waals surface area (Å²) in [6, 6.07) is 47.1. The number of morpholine rings is 3. The number of carbonyl (C=O) groups is 5. The van der Waals surface area contributed by atoms with Crippen molar-refractivity contribution in [3.8, 4) is 82.0 Å². The van der Waals surface area contributed by atoms with Crippen LogP contribution in [0.25, 0.3) is 64.7 Å². The van der Waals surface area contributed by atoms with E-state index in [0.717, 1.165) is 71.8 Å². The molecule has 3 fully saturated rings. The molecule has 0 spiro atoms. The average molecular weight is 1790 g/mol. The maximum Gasteiger partial charge on any atom is 0.514 e. The summed E-state index contributed by atoms with van der Waals surface area (Å²) >= 11 is 4.29. The van der Waals surface area contributed by atoms with Crippen molar-refractivity contribution in [1.29, 1.82) is 0 Å². The Bertz CT molecular complexity index is 6660. The molecule has 648 valence electrons. The number of carbonyl (C=O) groups excluding carboxylic acids is 5. The highest BCUT2D eigenvalue weighted by Gasteiger charge is 2.52. The molecule has 6 aliphatic heterocycles. The fraction of sp³-hybridized carbons (Fsp3) is 0.213. The van der Waals surface area contributed by atoms with E-state index in [2.05, 4.69) is 0 Å². The van der Waals surface area contributed by atoms with Gasteiger partial charge in [0.15, 0.2) is 57.7 Å². The third-order valence-electron chi connectivity index (χ3n) is 24.0. The molecule has 22 rings (SSSR count). The Balaban J connectivity index is 0.000000121. The summed E-state index contributed by atoms with van der Waals surface area (Å²) in [5, 5.41) is 11.1. The molecule has 6 atom stereocenters. The first-order valence-electron chi connectivity index (χ1n) is 40.9. The first-order chi connectivity index (χ1) is 62.3. The fourth-order valence-corrected chi connectivity index (χ4v) is 21.5. The molecule has 25 nitrogen and oxygen atoms in total. The lowest BCUT2D eigenvalue weighted by Gasteiger charge is -2.51. The molecule has 3 amide bonds. The molecule has 34 heteroatoms. The second kappa shape index (κ2) is 33.5. The molecule has 3 saturated heterocycles. The summed E-state index contributed by atoms with van der Waals surface area (Å²) in [5.41, 5.74) is 7.17. The van der Waals surface area contributed by atoms with E-state index >= 15 is 13.2 Å². The Kier molecular flexibility index (Phi) is 21.5. The molecule has 128 heavy (non-hydrogen) atoms. The number of ether oxygens (including phenoxy) is 8. The van der Waals surface area contributed by atoms with Gasteiger partial charge in [-0.15, -0.1) is 34.0 Å². The van der Waals surface area contributed by atoms with Gasteiger partial charge in [-0.25, -0.2) is 35.9 Å². The van der Waals surface area contributed by atoms with Crippen LogP contribution >= 0.6 is 34.0 Å². The maximum atomic E-state index is 15.9. The van der Waals surface area contributed by atoms with E-state index in [1.165, 1.54) is 74.0 Å². The minimum atomic E-state index is -1.13. The summed E-state index contributed by atoms with van der Waals surface area (Å²) in [7, 11) is 0. The predicted molar refractivity (Wildman–Crippen MR) is 461 cm³/mol. The number of hydrogen-bond acceptors (Lipinski definition) is 22. The van der Waals surface area contributed by atoms with Crippen molar-refractivity contribution in [2.24, 2.45) is 0 Å². The van der Waals surface area contributed by atoms with Crippen molar-refractivity contribution in [3.05, 3.63) is 332 Å². The van der Waals surface area contributed by atoms with Crippen molar-refractivity contribution in [1.82, 2.24) is 28.7 Å². The number of pyridine rings is 3. The molecule has 7 aromatic carbocycles. The first kappa shape index (κ1) is 82.4. The number of amides is 3. The smallest absolute Gasteiger partial charge is 0.482 e. The van der Waals surface area contributed by atoms with Crippen LogP contribution in [0.3, 0.4) is 0 Å². The van der Waals surface area contributed by atoms with E-state index in [9.17, 15) is 51.5 Å². The fourth-order valence-electron chi connectivity index (χ4n) is 18.6. The zero-order valence-electron chi connectivity index (χ0n) is 67.7. The molecular weight excluding hydrogens is 1720 g/mol. The minimum absolute atomic E-state index is 0.00267. The van der Waals surface area contributed by atoms with E-state index in [4.69, 9.17) is 37.9 Å². The minimum Gasteiger partial charge on any atom is -0.482 e. The third kappa shape index (κ3) is 13.6. The van der Waals surface area contributed by atoms with Crippen LogP contribution in [-0.2, 0) is 30.3 Å². The van der Waals surface area contributed by atoms with Gasteiger partial charge in [0.2, 0.25) is 27.8 Å². The quantitative estimate of drug-likeness (QED) is 0.0912. The van der Waals surface area contributed by atoms with Crippen molar-refractivity contribution in [3.63, 3.8) is 0 Å². The van der Waals surface area contributed by atoms with Crippen LogP contribution in [-0.4, -0.2) is 150 Å². The van der Waals surface area contributed by atoms with E-state index in [0.29, 0.717) is 40.0 Å². The molecule has 9 aliphatic rings. The molecule has 12 heterocycles. The molecular formula is C94H71F6N9O16S3. The van der Waals surface area contributed by atoms with Crippen molar-refractivity contribution < 1.29 is 88.2 Å². The summed E-state index contributed by atoms with van der Waals surface area (Å²) < 4.78 is 141. The lowest BCUT2D eigenvalue weighted by atomic mass is 9.92. The molecule has 0 bridgehead atoms. The van der Waals surface area contributed by atoms with Crippen LogP contribution < -0.4 is 45.5 Å². The topological polar surface area (TPSA) is 245 Å². The van der Waals surface area contributed by atoms with E-state index in [-0.39, 0.29) is 118 Å². The van der Waals surface area contributed by atoms with Crippen LogP contribution in [0.1, 0.15) is 102 Å². The summed E-state index contributed by atoms with van der Waals surface area (Å²) in [6.07, 6.45) is 0.130. The largest absolute Gasteiger partial charge is 0.514 e. The Labute approximate surface area is 735 Å². The Hall–Kier alpha value is -13.9. The second-order valence-corrected chi connectivity index (χ2v) is 33.4. The average Bonchev–Trinajstić information content (AvgIpc) is 1.41. The summed E-state index contributed by atoms with van der Waals surface area (Å²) in [4.78, 5) is 113. The van der Waals surface area contributed by atoms with E-state index in [1.54, 1.807) is 79.8 Å². The second-order valence-electron chi connectivity index (χ2n) is 30.7. The van der Waals surface area contributed by atoms with Gasteiger partial charge in [-0.2, -0.15) is 0 Å². The summed E-state index contributed by atoms with van der Waals surface area (Å²) in [6.45, 7) is 5.12. The van der Waals surface area contributed by atoms with Crippen molar-refractivity contribution in [2.75, 3.05) is 87.5 Å². The van der Waals surface area contributed by atoms with Gasteiger partial charge in [0.05, 0.1) is 71.0 Å². The number of thiophene rings is 3.